The average Bonchev–Trinajstić information content (AvgIpc) is 2.39. The molecule has 0 spiro atoms. The lowest BCUT2D eigenvalue weighted by molar-refractivity contribution is -0.213. The molecule has 0 atom stereocenters. The van der Waals surface area contributed by atoms with Gasteiger partial charge >= 0.3 is 5.97 Å². The maximum atomic E-state index is 11.2. The van der Waals surface area contributed by atoms with Gasteiger partial charge in [-0.3, -0.25) is 14.8 Å². The molecule has 0 aliphatic heterocycles. The molecule has 0 saturated carbocycles. The van der Waals surface area contributed by atoms with Crippen molar-refractivity contribution in [3.63, 3.8) is 0 Å². The smallest absolute Gasteiger partial charge is 0.285 e. The van der Waals surface area contributed by atoms with Crippen LogP contribution in [-0.2, 0) is 9.68 Å². The molecule has 0 fully saturated rings. The summed E-state index contributed by atoms with van der Waals surface area (Å²) in [4.78, 5) is 25.1. The minimum Gasteiger partial charge on any atom is -0.285 e. The fraction of sp³-hybridized carbons (Fsp3) is 0.231. The SMILES string of the molecule is CCCC(=O)OOc1ccc(Cl)c2cccnc12. The molecular formula is C13H12ClNO3. The number of fused-ring (bicyclic) bond motifs is 1. The van der Waals surface area contributed by atoms with Gasteiger partial charge in [0.25, 0.3) is 0 Å². The van der Waals surface area contributed by atoms with Gasteiger partial charge in [-0.25, -0.2) is 4.79 Å². The summed E-state index contributed by atoms with van der Waals surface area (Å²) in [5.41, 5.74) is 0.564. The van der Waals surface area contributed by atoms with Crippen molar-refractivity contribution in [3.05, 3.63) is 35.5 Å². The fourth-order valence-electron chi connectivity index (χ4n) is 1.52. The highest BCUT2D eigenvalue weighted by Gasteiger charge is 2.10. The lowest BCUT2D eigenvalue weighted by Gasteiger charge is -2.07. The fourth-order valence-corrected chi connectivity index (χ4v) is 1.73. The molecule has 18 heavy (non-hydrogen) atoms. The Balaban J connectivity index is 2.24. The second-order valence-electron chi connectivity index (χ2n) is 3.73. The van der Waals surface area contributed by atoms with E-state index in [-0.39, 0.29) is 0 Å². The number of carbonyl (C=O) groups is 1. The predicted octanol–water partition coefficient (Wildman–Crippen LogP) is 3.53. The van der Waals surface area contributed by atoms with Gasteiger partial charge in [0, 0.05) is 18.0 Å². The van der Waals surface area contributed by atoms with Crippen molar-refractivity contribution in [2.75, 3.05) is 0 Å². The number of hydrogen-bond acceptors (Lipinski definition) is 4. The molecule has 0 aliphatic carbocycles. The number of pyridine rings is 1. The molecule has 4 nitrogen and oxygen atoms in total. The molecule has 2 aromatic rings. The van der Waals surface area contributed by atoms with E-state index in [0.717, 1.165) is 5.39 Å². The van der Waals surface area contributed by atoms with E-state index in [1.165, 1.54) is 0 Å². The number of halogens is 1. The zero-order chi connectivity index (χ0) is 13.0. The van der Waals surface area contributed by atoms with E-state index in [4.69, 9.17) is 21.4 Å². The number of hydrogen-bond donors (Lipinski definition) is 0. The van der Waals surface area contributed by atoms with E-state index in [2.05, 4.69) is 4.98 Å². The summed E-state index contributed by atoms with van der Waals surface area (Å²) in [6.07, 6.45) is 2.65. The molecular weight excluding hydrogens is 254 g/mol. The summed E-state index contributed by atoms with van der Waals surface area (Å²) in [6.45, 7) is 1.89. The van der Waals surface area contributed by atoms with Crippen LogP contribution in [0.25, 0.3) is 10.9 Å². The third kappa shape index (κ3) is 2.71. The van der Waals surface area contributed by atoms with Crippen LogP contribution >= 0.6 is 11.6 Å². The van der Waals surface area contributed by atoms with E-state index in [0.29, 0.717) is 29.1 Å². The third-order valence-corrected chi connectivity index (χ3v) is 2.69. The number of aromatic nitrogens is 1. The van der Waals surface area contributed by atoms with E-state index >= 15 is 0 Å². The second kappa shape index (κ2) is 5.69. The summed E-state index contributed by atoms with van der Waals surface area (Å²) in [7, 11) is 0. The van der Waals surface area contributed by atoms with Gasteiger partial charge < -0.3 is 0 Å². The first-order valence-electron chi connectivity index (χ1n) is 5.63. The van der Waals surface area contributed by atoms with Crippen LogP contribution in [0.1, 0.15) is 19.8 Å². The first-order valence-corrected chi connectivity index (χ1v) is 6.00. The van der Waals surface area contributed by atoms with Crippen molar-refractivity contribution in [1.82, 2.24) is 4.98 Å². The predicted molar refractivity (Wildman–Crippen MR) is 68.4 cm³/mol. The first kappa shape index (κ1) is 12.6. The standard InChI is InChI=1S/C13H12ClNO3/c1-2-4-12(16)18-17-11-7-6-10(14)9-5-3-8-15-13(9)11/h3,5-8H,2,4H2,1H3. The highest BCUT2D eigenvalue weighted by molar-refractivity contribution is 6.35. The molecule has 0 radical (unpaired) electrons. The molecule has 1 aromatic carbocycles. The lowest BCUT2D eigenvalue weighted by atomic mass is 10.2. The van der Waals surface area contributed by atoms with Crippen molar-refractivity contribution < 1.29 is 14.6 Å². The molecule has 0 N–H and O–H groups in total. The monoisotopic (exact) mass is 265 g/mol. The minimum absolute atomic E-state index is 0.318. The van der Waals surface area contributed by atoms with Crippen LogP contribution in [0.4, 0.5) is 0 Å². The Morgan fingerprint density at radius 3 is 3.00 bits per heavy atom. The largest absolute Gasteiger partial charge is 0.355 e. The maximum Gasteiger partial charge on any atom is 0.355 e. The summed E-state index contributed by atoms with van der Waals surface area (Å²) in [5.74, 6) is -0.0315. The van der Waals surface area contributed by atoms with Crippen molar-refractivity contribution in [1.29, 1.82) is 0 Å². The average molecular weight is 266 g/mol. The number of benzene rings is 1. The lowest BCUT2D eigenvalue weighted by Crippen LogP contribution is -2.07. The molecule has 1 heterocycles. The van der Waals surface area contributed by atoms with Crippen LogP contribution in [0.5, 0.6) is 5.75 Å². The Morgan fingerprint density at radius 1 is 1.39 bits per heavy atom. The number of carbonyl (C=O) groups excluding carboxylic acids is 1. The Hall–Kier alpha value is -1.81. The zero-order valence-corrected chi connectivity index (χ0v) is 10.6. The van der Waals surface area contributed by atoms with Gasteiger partial charge in [0.05, 0.1) is 5.02 Å². The molecule has 0 amide bonds. The van der Waals surface area contributed by atoms with E-state index < -0.39 is 5.97 Å². The van der Waals surface area contributed by atoms with Gasteiger partial charge in [0.15, 0.2) is 0 Å². The van der Waals surface area contributed by atoms with Crippen molar-refractivity contribution >= 4 is 28.5 Å². The van der Waals surface area contributed by atoms with Crippen LogP contribution in [0.3, 0.4) is 0 Å². The number of nitrogens with zero attached hydrogens (tertiary/aromatic N) is 1. The van der Waals surface area contributed by atoms with Crippen LogP contribution in [0.15, 0.2) is 30.5 Å². The molecule has 2 rings (SSSR count). The van der Waals surface area contributed by atoms with Gasteiger partial charge in [0.1, 0.15) is 5.52 Å². The third-order valence-electron chi connectivity index (χ3n) is 2.36. The normalized spacial score (nSPS) is 10.3. The van der Waals surface area contributed by atoms with Gasteiger partial charge in [-0.15, -0.1) is 0 Å². The Morgan fingerprint density at radius 2 is 2.22 bits per heavy atom. The highest BCUT2D eigenvalue weighted by atomic mass is 35.5. The second-order valence-corrected chi connectivity index (χ2v) is 4.14. The van der Waals surface area contributed by atoms with Crippen molar-refractivity contribution in [2.24, 2.45) is 0 Å². The van der Waals surface area contributed by atoms with Gasteiger partial charge in [-0.1, -0.05) is 18.5 Å². The minimum atomic E-state index is -0.406. The Kier molecular flexibility index (Phi) is 3.99. The van der Waals surface area contributed by atoms with Crippen LogP contribution < -0.4 is 4.89 Å². The topological polar surface area (TPSA) is 48.4 Å². The quantitative estimate of drug-likeness (QED) is 0.627. The molecule has 94 valence electrons. The molecule has 0 unspecified atom stereocenters. The van der Waals surface area contributed by atoms with E-state index in [1.807, 2.05) is 13.0 Å². The van der Waals surface area contributed by atoms with Crippen LogP contribution in [0.2, 0.25) is 5.02 Å². The summed E-state index contributed by atoms with van der Waals surface area (Å²) >= 11 is 6.04. The molecule has 0 saturated heterocycles. The molecule has 5 heteroatoms. The summed E-state index contributed by atoms with van der Waals surface area (Å²) < 4.78 is 0. The van der Waals surface area contributed by atoms with Crippen molar-refractivity contribution in [2.45, 2.75) is 19.8 Å². The molecule has 1 aromatic heterocycles. The molecule has 0 bridgehead atoms. The van der Waals surface area contributed by atoms with E-state index in [9.17, 15) is 4.79 Å². The highest BCUT2D eigenvalue weighted by Crippen LogP contribution is 2.29. The van der Waals surface area contributed by atoms with Gasteiger partial charge in [0.2, 0.25) is 5.75 Å². The van der Waals surface area contributed by atoms with Crippen LogP contribution in [-0.4, -0.2) is 11.0 Å². The Bertz CT molecular complexity index is 571. The zero-order valence-electron chi connectivity index (χ0n) is 9.85. The summed E-state index contributed by atoms with van der Waals surface area (Å²) in [5, 5.41) is 1.33. The Labute approximate surface area is 109 Å². The van der Waals surface area contributed by atoms with Gasteiger partial charge in [-0.05, 0) is 30.7 Å². The van der Waals surface area contributed by atoms with E-state index in [1.54, 1.807) is 24.4 Å². The first-order chi connectivity index (χ1) is 8.72. The number of rotatable bonds is 4. The van der Waals surface area contributed by atoms with Gasteiger partial charge in [-0.2, -0.15) is 0 Å². The maximum absolute atomic E-state index is 11.2. The van der Waals surface area contributed by atoms with Crippen molar-refractivity contribution in [3.8, 4) is 5.75 Å². The molecule has 0 aliphatic rings. The summed E-state index contributed by atoms with van der Waals surface area (Å²) in [6, 6.07) is 6.90. The van der Waals surface area contributed by atoms with Crippen LogP contribution in [0, 0.1) is 0 Å².